The molecule has 0 radical (unpaired) electrons. The number of ether oxygens (including phenoxy) is 1. The first kappa shape index (κ1) is 24.6. The zero-order chi connectivity index (χ0) is 21.9. The highest BCUT2D eigenvalue weighted by molar-refractivity contribution is 8.01. The van der Waals surface area contributed by atoms with Gasteiger partial charge in [-0.2, -0.15) is 11.8 Å². The number of nitrogens with one attached hydrogen (secondary N) is 1. The molecule has 9 nitrogen and oxygen atoms in total. The Morgan fingerprint density at radius 3 is 2.52 bits per heavy atom. The molecule has 1 heterocycles. The van der Waals surface area contributed by atoms with Crippen LogP contribution in [0, 0.1) is 5.92 Å². The van der Waals surface area contributed by atoms with E-state index in [1.807, 2.05) is 13.2 Å². The highest BCUT2D eigenvalue weighted by Crippen LogP contribution is 2.38. The quantitative estimate of drug-likeness (QED) is 0.308. The molecule has 1 aromatic heterocycles. The van der Waals surface area contributed by atoms with E-state index in [0.717, 1.165) is 0 Å². The van der Waals surface area contributed by atoms with Crippen molar-refractivity contribution < 1.29 is 24.9 Å². The summed E-state index contributed by atoms with van der Waals surface area (Å²) >= 11 is 4.04. The minimum Gasteiger partial charge on any atom is -0.444 e. The zero-order valence-electron chi connectivity index (χ0n) is 17.1. The number of aliphatic hydroxyl groups is 3. The summed E-state index contributed by atoms with van der Waals surface area (Å²) in [5.41, 5.74) is 5.79. The first-order valence-electron chi connectivity index (χ1n) is 9.25. The van der Waals surface area contributed by atoms with E-state index in [9.17, 15) is 20.1 Å². The third-order valence-electron chi connectivity index (χ3n) is 4.66. The monoisotopic (exact) mass is 466 g/mol. The predicted octanol–water partition coefficient (Wildman–Crippen LogP) is 1.53. The van der Waals surface area contributed by atoms with Gasteiger partial charge in [-0.15, -0.1) is 10.2 Å². The van der Waals surface area contributed by atoms with Gasteiger partial charge in [0.05, 0.1) is 12.2 Å². The Labute approximate surface area is 183 Å². The standard InChI is InChI=1S/C17H30N4O5S3/c1-7(10(18)8-6-9(27-5)12(23)13(24)11(8)22)28-16-21-20-14(29-16)19-15(25)26-17(2,3)4/h7-13,22-24H,6,18H2,1-5H3,(H,19,20,25)/t7-,8+,9?,10+,11?,12-,13+/m0/s1. The Balaban J connectivity index is 1.97. The summed E-state index contributed by atoms with van der Waals surface area (Å²) in [6, 6.07) is -0.432. The Bertz CT molecular complexity index is 684. The van der Waals surface area contributed by atoms with Crippen LogP contribution in [0.4, 0.5) is 9.93 Å². The van der Waals surface area contributed by atoms with Gasteiger partial charge in [0.2, 0.25) is 5.13 Å². The normalized spacial score (nSPS) is 29.9. The van der Waals surface area contributed by atoms with Gasteiger partial charge in [-0.3, -0.25) is 5.32 Å². The number of nitrogens with zero attached hydrogens (tertiary/aromatic N) is 2. The van der Waals surface area contributed by atoms with Crippen LogP contribution in [0.3, 0.4) is 0 Å². The average molecular weight is 467 g/mol. The molecule has 1 saturated carbocycles. The first-order valence-corrected chi connectivity index (χ1v) is 12.2. The minimum absolute atomic E-state index is 0.137. The highest BCUT2D eigenvalue weighted by Gasteiger charge is 2.45. The number of thioether (sulfide) groups is 2. The molecule has 12 heteroatoms. The largest absolute Gasteiger partial charge is 0.444 e. The molecule has 0 aliphatic heterocycles. The van der Waals surface area contributed by atoms with E-state index >= 15 is 0 Å². The lowest BCUT2D eigenvalue weighted by molar-refractivity contribution is -0.111. The third kappa shape index (κ3) is 6.68. The van der Waals surface area contributed by atoms with E-state index in [0.29, 0.717) is 15.9 Å². The first-order chi connectivity index (χ1) is 13.4. The zero-order valence-corrected chi connectivity index (χ0v) is 19.6. The summed E-state index contributed by atoms with van der Waals surface area (Å²) in [6.07, 6.45) is -1.52. The molecular formula is C17H30N4O5S3. The topological polar surface area (TPSA) is 151 Å². The maximum absolute atomic E-state index is 11.8. The second-order valence-electron chi connectivity index (χ2n) is 8.05. The van der Waals surface area contributed by atoms with Crippen molar-refractivity contribution in [3.63, 3.8) is 0 Å². The molecule has 0 bridgehead atoms. The van der Waals surface area contributed by atoms with Crippen molar-refractivity contribution >= 4 is 46.1 Å². The van der Waals surface area contributed by atoms with E-state index in [1.54, 1.807) is 20.8 Å². The number of aliphatic hydroxyl groups excluding tert-OH is 3. The summed E-state index contributed by atoms with van der Waals surface area (Å²) in [7, 11) is 0. The van der Waals surface area contributed by atoms with Gasteiger partial charge >= 0.3 is 6.09 Å². The highest BCUT2D eigenvalue weighted by atomic mass is 32.2. The number of hydrogen-bond acceptors (Lipinski definition) is 11. The molecule has 1 aliphatic rings. The maximum Gasteiger partial charge on any atom is 0.414 e. The number of amides is 1. The molecule has 7 atom stereocenters. The van der Waals surface area contributed by atoms with Gasteiger partial charge in [0.15, 0.2) is 4.34 Å². The fourth-order valence-corrected chi connectivity index (χ4v) is 6.09. The summed E-state index contributed by atoms with van der Waals surface area (Å²) in [4.78, 5) is 11.8. The molecule has 166 valence electrons. The van der Waals surface area contributed by atoms with E-state index in [-0.39, 0.29) is 16.4 Å². The number of nitrogens with two attached hydrogens (primary N) is 1. The third-order valence-corrected chi connectivity index (χ3v) is 7.88. The van der Waals surface area contributed by atoms with Crippen LogP contribution in [-0.4, -0.2) is 78.3 Å². The van der Waals surface area contributed by atoms with Crippen molar-refractivity contribution in [1.29, 1.82) is 0 Å². The van der Waals surface area contributed by atoms with Crippen molar-refractivity contribution in [1.82, 2.24) is 10.2 Å². The molecule has 1 aromatic rings. The lowest BCUT2D eigenvalue weighted by atomic mass is 9.77. The van der Waals surface area contributed by atoms with Gasteiger partial charge in [-0.05, 0) is 33.4 Å². The molecule has 29 heavy (non-hydrogen) atoms. The fourth-order valence-electron chi connectivity index (χ4n) is 3.13. The molecule has 6 N–H and O–H groups in total. The molecule has 0 aromatic carbocycles. The summed E-state index contributed by atoms with van der Waals surface area (Å²) < 4.78 is 5.81. The molecule has 1 fully saturated rings. The van der Waals surface area contributed by atoms with Gasteiger partial charge in [-0.25, -0.2) is 4.79 Å². The van der Waals surface area contributed by atoms with Crippen molar-refractivity contribution in [2.24, 2.45) is 11.7 Å². The Hall–Kier alpha value is -0.630. The van der Waals surface area contributed by atoms with Crippen LogP contribution in [0.5, 0.6) is 0 Å². The van der Waals surface area contributed by atoms with Gasteiger partial charge in [0.25, 0.3) is 0 Å². The van der Waals surface area contributed by atoms with Gasteiger partial charge in [0.1, 0.15) is 11.7 Å². The Morgan fingerprint density at radius 2 is 1.93 bits per heavy atom. The molecule has 0 spiro atoms. The smallest absolute Gasteiger partial charge is 0.414 e. The second-order valence-corrected chi connectivity index (χ2v) is 11.7. The van der Waals surface area contributed by atoms with Crippen LogP contribution in [0.2, 0.25) is 0 Å². The lowest BCUT2D eigenvalue weighted by Gasteiger charge is -2.43. The molecule has 0 saturated heterocycles. The van der Waals surface area contributed by atoms with E-state index in [2.05, 4.69) is 15.5 Å². The van der Waals surface area contributed by atoms with Gasteiger partial charge < -0.3 is 25.8 Å². The number of hydrogen-bond donors (Lipinski definition) is 5. The number of carbonyl (C=O) groups excluding carboxylic acids is 1. The predicted molar refractivity (Wildman–Crippen MR) is 116 cm³/mol. The van der Waals surface area contributed by atoms with Crippen LogP contribution in [-0.2, 0) is 4.74 Å². The van der Waals surface area contributed by atoms with Crippen LogP contribution < -0.4 is 11.1 Å². The van der Waals surface area contributed by atoms with Crippen molar-refractivity contribution in [2.75, 3.05) is 11.6 Å². The lowest BCUT2D eigenvalue weighted by Crippen LogP contribution is -2.58. The van der Waals surface area contributed by atoms with E-state index in [1.165, 1.54) is 34.9 Å². The molecule has 1 amide bonds. The number of rotatable bonds is 6. The molecule has 2 unspecified atom stereocenters. The molecule has 2 rings (SSSR count). The summed E-state index contributed by atoms with van der Waals surface area (Å²) in [5, 5.41) is 41.2. The van der Waals surface area contributed by atoms with Gasteiger partial charge in [0, 0.05) is 22.5 Å². The minimum atomic E-state index is -1.22. The average Bonchev–Trinajstić information content (AvgIpc) is 3.04. The Morgan fingerprint density at radius 1 is 1.28 bits per heavy atom. The molecular weight excluding hydrogens is 436 g/mol. The SMILES string of the molecule is CSC1C[C@H]([C@H](N)[C@H](C)Sc2nnc(NC(=O)OC(C)(C)C)s2)C(O)[C@@H](O)[C@H]1O. The van der Waals surface area contributed by atoms with E-state index < -0.39 is 36.0 Å². The summed E-state index contributed by atoms with van der Waals surface area (Å²) in [6.45, 7) is 7.23. The van der Waals surface area contributed by atoms with Gasteiger partial charge in [-0.1, -0.05) is 30.0 Å². The van der Waals surface area contributed by atoms with Crippen LogP contribution in [0.1, 0.15) is 34.1 Å². The summed E-state index contributed by atoms with van der Waals surface area (Å²) in [5.74, 6) is -0.361. The maximum atomic E-state index is 11.8. The Kier molecular flexibility index (Phi) is 8.60. The number of anilines is 1. The van der Waals surface area contributed by atoms with Crippen molar-refractivity contribution in [3.8, 4) is 0 Å². The fraction of sp³-hybridized carbons (Fsp3) is 0.824. The van der Waals surface area contributed by atoms with Crippen LogP contribution in [0.15, 0.2) is 4.34 Å². The van der Waals surface area contributed by atoms with Crippen LogP contribution >= 0.6 is 34.9 Å². The molecule has 1 aliphatic carbocycles. The van der Waals surface area contributed by atoms with Crippen molar-refractivity contribution in [2.45, 2.75) is 78.9 Å². The van der Waals surface area contributed by atoms with Crippen LogP contribution in [0.25, 0.3) is 0 Å². The second kappa shape index (κ2) is 10.1. The number of carbonyl (C=O) groups is 1. The number of aromatic nitrogens is 2. The van der Waals surface area contributed by atoms with E-state index in [4.69, 9.17) is 10.5 Å². The van der Waals surface area contributed by atoms with Crippen molar-refractivity contribution in [3.05, 3.63) is 0 Å².